The summed E-state index contributed by atoms with van der Waals surface area (Å²) in [5.74, 6) is 2.82. The van der Waals surface area contributed by atoms with Gasteiger partial charge in [-0.05, 0) is 18.6 Å². The topological polar surface area (TPSA) is 53.5 Å². The largest absolute Gasteiger partial charge is 0.495 e. The number of hydrogen-bond acceptors (Lipinski definition) is 6. The van der Waals surface area contributed by atoms with Gasteiger partial charge >= 0.3 is 0 Å². The van der Waals surface area contributed by atoms with Crippen LogP contribution < -0.4 is 19.9 Å². The van der Waals surface area contributed by atoms with Gasteiger partial charge in [0.2, 0.25) is 0 Å². The van der Waals surface area contributed by atoms with Gasteiger partial charge in [-0.1, -0.05) is 19.1 Å². The number of nitrogens with one attached hydrogen (secondary N) is 1. The summed E-state index contributed by atoms with van der Waals surface area (Å²) in [7, 11) is 1.72. The van der Waals surface area contributed by atoms with E-state index < -0.39 is 0 Å². The Morgan fingerprint density at radius 1 is 1.08 bits per heavy atom. The highest BCUT2D eigenvalue weighted by molar-refractivity contribution is 5.59. The summed E-state index contributed by atoms with van der Waals surface area (Å²) in [6.07, 6.45) is 2.72. The molecule has 3 rings (SSSR count). The minimum atomic E-state index is 0.897. The lowest BCUT2D eigenvalue weighted by atomic mass is 10.2. The molecule has 24 heavy (non-hydrogen) atoms. The molecule has 0 aliphatic carbocycles. The van der Waals surface area contributed by atoms with Crippen molar-refractivity contribution < 1.29 is 4.74 Å². The third-order valence-electron chi connectivity index (χ3n) is 4.24. The van der Waals surface area contributed by atoms with Crippen LogP contribution in [0.3, 0.4) is 0 Å². The van der Waals surface area contributed by atoms with Gasteiger partial charge in [0.15, 0.2) is 0 Å². The second-order valence-corrected chi connectivity index (χ2v) is 5.83. The van der Waals surface area contributed by atoms with E-state index in [4.69, 9.17) is 4.74 Å². The first kappa shape index (κ1) is 16.4. The van der Waals surface area contributed by atoms with E-state index in [1.54, 1.807) is 13.4 Å². The van der Waals surface area contributed by atoms with Gasteiger partial charge in [-0.2, -0.15) is 0 Å². The Bertz CT molecular complexity index is 655. The van der Waals surface area contributed by atoms with Crippen LogP contribution in [0.5, 0.6) is 5.75 Å². The molecule has 0 amide bonds. The number of aromatic nitrogens is 2. The van der Waals surface area contributed by atoms with Crippen molar-refractivity contribution in [2.45, 2.75) is 13.3 Å². The number of rotatable bonds is 6. The molecule has 2 aromatic rings. The maximum absolute atomic E-state index is 5.48. The third-order valence-corrected chi connectivity index (χ3v) is 4.24. The molecule has 1 aliphatic heterocycles. The Hall–Kier alpha value is -2.50. The molecule has 1 saturated heterocycles. The zero-order chi connectivity index (χ0) is 16.8. The second kappa shape index (κ2) is 7.86. The standard InChI is InChI=1S/C18H25N5O/c1-3-8-19-17-13-18(21-14-20-17)23-11-9-22(10-12-23)15-6-4-5-7-16(15)24-2/h4-7,13-14H,3,8-12H2,1-2H3,(H,19,20,21). The molecule has 6 nitrogen and oxygen atoms in total. The van der Waals surface area contributed by atoms with Gasteiger partial charge in [0.1, 0.15) is 23.7 Å². The Balaban J connectivity index is 1.65. The van der Waals surface area contributed by atoms with Gasteiger partial charge in [-0.15, -0.1) is 0 Å². The lowest BCUT2D eigenvalue weighted by Gasteiger charge is -2.37. The number of methoxy groups -OCH3 is 1. The van der Waals surface area contributed by atoms with Crippen LogP contribution in [-0.2, 0) is 0 Å². The van der Waals surface area contributed by atoms with E-state index in [0.717, 1.165) is 62.2 Å². The molecule has 1 aliphatic rings. The van der Waals surface area contributed by atoms with E-state index >= 15 is 0 Å². The van der Waals surface area contributed by atoms with E-state index in [9.17, 15) is 0 Å². The predicted octanol–water partition coefficient (Wildman–Crippen LogP) is 2.63. The SMILES string of the molecule is CCCNc1cc(N2CCN(c3ccccc3OC)CC2)ncn1. The maximum atomic E-state index is 5.48. The lowest BCUT2D eigenvalue weighted by molar-refractivity contribution is 0.413. The van der Waals surface area contributed by atoms with Crippen LogP contribution in [0, 0.1) is 0 Å². The summed E-state index contributed by atoms with van der Waals surface area (Å²) in [5, 5.41) is 3.32. The van der Waals surface area contributed by atoms with Crippen molar-refractivity contribution in [3.05, 3.63) is 36.7 Å². The van der Waals surface area contributed by atoms with E-state index in [2.05, 4.69) is 44.1 Å². The fourth-order valence-corrected chi connectivity index (χ4v) is 2.94. The van der Waals surface area contributed by atoms with Crippen molar-refractivity contribution in [3.63, 3.8) is 0 Å². The van der Waals surface area contributed by atoms with Crippen LogP contribution in [0.15, 0.2) is 36.7 Å². The molecule has 1 aromatic heterocycles. The molecular formula is C18H25N5O. The fourth-order valence-electron chi connectivity index (χ4n) is 2.94. The first-order chi connectivity index (χ1) is 11.8. The summed E-state index contributed by atoms with van der Waals surface area (Å²) in [4.78, 5) is 13.4. The smallest absolute Gasteiger partial charge is 0.142 e. The number of para-hydroxylation sites is 2. The summed E-state index contributed by atoms with van der Waals surface area (Å²) in [6, 6.07) is 10.2. The lowest BCUT2D eigenvalue weighted by Crippen LogP contribution is -2.47. The number of ether oxygens (including phenoxy) is 1. The average Bonchev–Trinajstić information content (AvgIpc) is 2.66. The van der Waals surface area contributed by atoms with Crippen LogP contribution in [0.4, 0.5) is 17.3 Å². The Labute approximate surface area is 143 Å². The molecule has 1 N–H and O–H groups in total. The van der Waals surface area contributed by atoms with Crippen LogP contribution in [0.1, 0.15) is 13.3 Å². The van der Waals surface area contributed by atoms with Gasteiger partial charge in [-0.3, -0.25) is 0 Å². The van der Waals surface area contributed by atoms with E-state index in [0.29, 0.717) is 0 Å². The van der Waals surface area contributed by atoms with Gasteiger partial charge < -0.3 is 19.9 Å². The zero-order valence-corrected chi connectivity index (χ0v) is 14.4. The quantitative estimate of drug-likeness (QED) is 0.880. The molecule has 0 spiro atoms. The van der Waals surface area contributed by atoms with Crippen molar-refractivity contribution in [3.8, 4) is 5.75 Å². The minimum Gasteiger partial charge on any atom is -0.495 e. The van der Waals surface area contributed by atoms with Crippen molar-refractivity contribution in [1.82, 2.24) is 9.97 Å². The summed E-state index contributed by atoms with van der Waals surface area (Å²) in [5.41, 5.74) is 1.16. The van der Waals surface area contributed by atoms with Crippen LogP contribution >= 0.6 is 0 Å². The number of benzene rings is 1. The maximum Gasteiger partial charge on any atom is 0.142 e. The molecule has 0 bridgehead atoms. The van der Waals surface area contributed by atoms with Gasteiger partial charge in [0.05, 0.1) is 12.8 Å². The Morgan fingerprint density at radius 2 is 1.83 bits per heavy atom. The predicted molar refractivity (Wildman–Crippen MR) is 98.2 cm³/mol. The van der Waals surface area contributed by atoms with Crippen molar-refractivity contribution in [1.29, 1.82) is 0 Å². The summed E-state index contributed by atoms with van der Waals surface area (Å²) in [6.45, 7) is 6.83. The second-order valence-electron chi connectivity index (χ2n) is 5.83. The molecule has 2 heterocycles. The number of nitrogens with zero attached hydrogens (tertiary/aromatic N) is 4. The van der Waals surface area contributed by atoms with Gasteiger partial charge in [0.25, 0.3) is 0 Å². The van der Waals surface area contributed by atoms with E-state index in [-0.39, 0.29) is 0 Å². The van der Waals surface area contributed by atoms with Crippen molar-refractivity contribution in [2.24, 2.45) is 0 Å². The van der Waals surface area contributed by atoms with Crippen LogP contribution in [0.25, 0.3) is 0 Å². The van der Waals surface area contributed by atoms with Crippen LogP contribution in [0.2, 0.25) is 0 Å². The molecule has 1 fully saturated rings. The molecule has 1 aromatic carbocycles. The van der Waals surface area contributed by atoms with E-state index in [1.165, 1.54) is 0 Å². The third kappa shape index (κ3) is 3.69. The normalized spacial score (nSPS) is 14.6. The molecule has 0 saturated carbocycles. The molecule has 0 radical (unpaired) electrons. The van der Waals surface area contributed by atoms with Crippen molar-refractivity contribution >= 4 is 17.3 Å². The number of anilines is 3. The van der Waals surface area contributed by atoms with E-state index in [1.807, 2.05) is 18.2 Å². The fraction of sp³-hybridized carbons (Fsp3) is 0.444. The van der Waals surface area contributed by atoms with Gasteiger partial charge in [-0.25, -0.2) is 9.97 Å². The summed E-state index contributed by atoms with van der Waals surface area (Å²) < 4.78 is 5.48. The summed E-state index contributed by atoms with van der Waals surface area (Å²) >= 11 is 0. The highest BCUT2D eigenvalue weighted by Crippen LogP contribution is 2.29. The highest BCUT2D eigenvalue weighted by Gasteiger charge is 2.20. The Kier molecular flexibility index (Phi) is 5.36. The first-order valence-corrected chi connectivity index (χ1v) is 8.50. The van der Waals surface area contributed by atoms with Crippen LogP contribution in [-0.4, -0.2) is 49.8 Å². The monoisotopic (exact) mass is 327 g/mol. The highest BCUT2D eigenvalue weighted by atomic mass is 16.5. The number of hydrogen-bond donors (Lipinski definition) is 1. The first-order valence-electron chi connectivity index (χ1n) is 8.50. The molecule has 0 atom stereocenters. The van der Waals surface area contributed by atoms with Crippen molar-refractivity contribution in [2.75, 3.05) is 55.0 Å². The number of piperazine rings is 1. The Morgan fingerprint density at radius 3 is 2.58 bits per heavy atom. The molecular weight excluding hydrogens is 302 g/mol. The molecule has 128 valence electrons. The average molecular weight is 327 g/mol. The molecule has 6 heteroatoms. The minimum absolute atomic E-state index is 0.897. The zero-order valence-electron chi connectivity index (χ0n) is 14.4. The van der Waals surface area contributed by atoms with Gasteiger partial charge in [0, 0.05) is 38.8 Å². The molecule has 0 unspecified atom stereocenters.